The number of fused-ring (bicyclic) bond motifs is 3. The Balaban J connectivity index is 1.38. The second-order valence-corrected chi connectivity index (χ2v) is 12.1. The van der Waals surface area contributed by atoms with Gasteiger partial charge < -0.3 is 4.42 Å². The highest BCUT2D eigenvalue weighted by Crippen LogP contribution is 2.36. The van der Waals surface area contributed by atoms with E-state index >= 15 is 8.78 Å². The van der Waals surface area contributed by atoms with Gasteiger partial charge in [0.1, 0.15) is 34.7 Å². The fraction of sp³-hybridized carbons (Fsp3) is 0. The van der Waals surface area contributed by atoms with E-state index in [1.165, 1.54) is 42.5 Å². The summed E-state index contributed by atoms with van der Waals surface area (Å²) < 4.78 is 65.2. The average Bonchev–Trinajstić information content (AvgIpc) is 4.02. The van der Waals surface area contributed by atoms with Crippen LogP contribution < -0.4 is 21.4 Å². The molecule has 0 spiro atoms. The topological polar surface area (TPSA) is 246 Å². The minimum Gasteiger partial charge on any atom is -0.434 e. The highest BCUT2D eigenvalue weighted by atomic mass is 19.2. The SMILES string of the molecule is [C-]#[N+]c1cc2c(cc1C#N)=N/C(=C(\C#N)c1nc(-c3nc4cc([N+]#[C-])c(C#N)cc4o3)nc(-c3ccc4c(c3C#N)=N/C(=C(\C#N)c3c(F)c(F)c([N+]#[C-])c(F)c3F)N=4)n1)N=2. The van der Waals surface area contributed by atoms with Gasteiger partial charge in [0.25, 0.3) is 11.6 Å². The first-order valence-electron chi connectivity index (χ1n) is 16.4. The first-order chi connectivity index (χ1) is 29.5. The molecule has 2 aliphatic heterocycles. The quantitative estimate of drug-likeness (QED) is 0.0942. The summed E-state index contributed by atoms with van der Waals surface area (Å²) in [6.07, 6.45) is 0. The minimum atomic E-state index is -2.06. The second kappa shape index (κ2) is 14.3. The van der Waals surface area contributed by atoms with Crippen LogP contribution in [0.25, 0.3) is 59.9 Å². The molecule has 0 radical (unpaired) electrons. The van der Waals surface area contributed by atoms with E-state index in [1.807, 2.05) is 24.3 Å². The number of benzene rings is 4. The summed E-state index contributed by atoms with van der Waals surface area (Å²) in [6, 6.07) is 16.7. The van der Waals surface area contributed by atoms with Gasteiger partial charge in [-0.1, -0.05) is 0 Å². The van der Waals surface area contributed by atoms with Crippen LogP contribution in [0.2, 0.25) is 0 Å². The van der Waals surface area contributed by atoms with Crippen LogP contribution in [0.1, 0.15) is 28.1 Å². The van der Waals surface area contributed by atoms with Crippen LogP contribution in [-0.2, 0) is 0 Å². The van der Waals surface area contributed by atoms with E-state index in [1.54, 1.807) is 0 Å². The van der Waals surface area contributed by atoms with Crippen LogP contribution in [0.4, 0.5) is 34.6 Å². The minimum absolute atomic E-state index is 0.000589. The number of nitrogens with zero attached hydrogens (tertiary/aromatic N) is 16. The number of nitriles is 5. The zero-order valence-electron chi connectivity index (χ0n) is 29.5. The van der Waals surface area contributed by atoms with Gasteiger partial charge in [0.15, 0.2) is 52.1 Å². The Bertz CT molecular complexity index is 3680. The third-order valence-corrected chi connectivity index (χ3v) is 8.81. The molecule has 0 saturated carbocycles. The van der Waals surface area contributed by atoms with E-state index in [-0.39, 0.29) is 95.1 Å². The lowest BCUT2D eigenvalue weighted by Gasteiger charge is -2.08. The van der Waals surface area contributed by atoms with Gasteiger partial charge in [0.05, 0.1) is 75.7 Å². The summed E-state index contributed by atoms with van der Waals surface area (Å²) in [4.78, 5) is 43.6. The first-order valence-corrected chi connectivity index (χ1v) is 16.4. The molecule has 0 unspecified atom stereocenters. The zero-order valence-corrected chi connectivity index (χ0v) is 29.5. The molecule has 8 rings (SSSR count). The molecule has 0 atom stereocenters. The summed E-state index contributed by atoms with van der Waals surface area (Å²) in [5.74, 6) is -10.7. The number of halogens is 4. The van der Waals surface area contributed by atoms with Crippen LogP contribution in [0.5, 0.6) is 0 Å². The molecule has 4 heterocycles. The molecule has 2 aliphatic rings. The Labute approximate surface area is 335 Å². The molecule has 17 nitrogen and oxygen atoms in total. The maximum Gasteiger partial charge on any atom is 0.266 e. The molecule has 0 aliphatic carbocycles. The van der Waals surface area contributed by atoms with Crippen molar-refractivity contribution in [1.82, 2.24) is 19.9 Å². The van der Waals surface area contributed by atoms with Gasteiger partial charge in [-0.2, -0.15) is 26.3 Å². The molecule has 21 heteroatoms. The highest BCUT2D eigenvalue weighted by molar-refractivity contribution is 5.84. The third kappa shape index (κ3) is 5.87. The van der Waals surface area contributed by atoms with Crippen molar-refractivity contribution in [3.05, 3.63) is 155 Å². The van der Waals surface area contributed by atoms with Gasteiger partial charge in [-0.05, 0) is 36.4 Å². The molecule has 4 aromatic carbocycles. The molecule has 0 fully saturated rings. The van der Waals surface area contributed by atoms with Gasteiger partial charge in [-0.3, -0.25) is 0 Å². The first kappa shape index (κ1) is 37.6. The second-order valence-electron chi connectivity index (χ2n) is 12.1. The summed E-state index contributed by atoms with van der Waals surface area (Å²) in [5, 5.41) is 49.7. The molecule has 6 aromatic rings. The smallest absolute Gasteiger partial charge is 0.266 e. The van der Waals surface area contributed by atoms with Crippen LogP contribution in [0.3, 0.4) is 0 Å². The lowest BCUT2D eigenvalue weighted by Crippen LogP contribution is -2.25. The summed E-state index contributed by atoms with van der Waals surface area (Å²) >= 11 is 0. The van der Waals surface area contributed by atoms with Crippen LogP contribution >= 0.6 is 0 Å². The van der Waals surface area contributed by atoms with Gasteiger partial charge in [-0.15, -0.1) is 0 Å². The molecule has 280 valence electrons. The molecule has 0 N–H and O–H groups in total. The van der Waals surface area contributed by atoms with E-state index < -0.39 is 51.7 Å². The summed E-state index contributed by atoms with van der Waals surface area (Å²) in [7, 11) is 0. The van der Waals surface area contributed by atoms with E-state index in [4.69, 9.17) is 24.1 Å². The Morgan fingerprint density at radius 3 is 1.84 bits per heavy atom. The predicted octanol–water partition coefficient (Wildman–Crippen LogP) is 5.46. The fourth-order valence-electron chi connectivity index (χ4n) is 6.03. The van der Waals surface area contributed by atoms with Crippen molar-refractivity contribution >= 4 is 39.3 Å². The fourth-order valence-corrected chi connectivity index (χ4v) is 6.03. The van der Waals surface area contributed by atoms with Crippen molar-refractivity contribution in [2.75, 3.05) is 0 Å². The zero-order chi connectivity index (χ0) is 43.3. The maximum atomic E-state index is 15.1. The van der Waals surface area contributed by atoms with E-state index in [0.29, 0.717) is 0 Å². The molecular weight excluding hydrogens is 797 g/mol. The van der Waals surface area contributed by atoms with Crippen LogP contribution in [0.15, 0.2) is 72.4 Å². The molecule has 0 amide bonds. The third-order valence-electron chi connectivity index (χ3n) is 8.81. The molecule has 61 heavy (non-hydrogen) atoms. The standard InChI is InChI=1S/C40H6F4N16O/c1-50-22-8-25-24(6-15(22)10-45)54-37(55-25)20(14-49)38-58-35(59-39(60-38)40-56-26-9-23(51-2)16(11-46)7-27(26)61-40)17-4-5-21-33(18(17)12-47)57-36(53-21)19(13-48)28-29(41)31(43)34(52-3)32(44)30(28)42/h4-9H/b36-19+,37-20-. The predicted molar refractivity (Wildman–Crippen MR) is 194 cm³/mol. The van der Waals surface area contributed by atoms with Gasteiger partial charge in [0, 0.05) is 5.56 Å². The molecular formula is C40H6F4N16O. The summed E-state index contributed by atoms with van der Waals surface area (Å²) in [6.45, 7) is 21.7. The molecule has 0 bridgehead atoms. The average molecular weight is 803 g/mol. The number of oxazole rings is 1. The number of hydrogen-bond acceptors (Lipinski definition) is 14. The van der Waals surface area contributed by atoms with Crippen molar-refractivity contribution in [2.45, 2.75) is 0 Å². The van der Waals surface area contributed by atoms with E-state index in [9.17, 15) is 35.1 Å². The number of aromatic nitrogens is 4. The molecule has 2 aromatic heterocycles. The Morgan fingerprint density at radius 2 is 1.21 bits per heavy atom. The van der Waals surface area contributed by atoms with Crippen molar-refractivity contribution in [1.29, 1.82) is 26.3 Å². The Kier molecular flexibility index (Phi) is 8.82. The largest absolute Gasteiger partial charge is 0.434 e. The van der Waals surface area contributed by atoms with Crippen molar-refractivity contribution < 1.29 is 22.0 Å². The number of rotatable bonds is 4. The monoisotopic (exact) mass is 802 g/mol. The Morgan fingerprint density at radius 1 is 0.607 bits per heavy atom. The van der Waals surface area contributed by atoms with Crippen LogP contribution in [-0.4, -0.2) is 19.9 Å². The lowest BCUT2D eigenvalue weighted by molar-refractivity contribution is 0.457. The highest BCUT2D eigenvalue weighted by Gasteiger charge is 2.31. The number of allylic oxidation sites excluding steroid dienone is 2. The van der Waals surface area contributed by atoms with E-state index in [0.717, 1.165) is 0 Å². The van der Waals surface area contributed by atoms with Crippen molar-refractivity contribution in [3.8, 4) is 53.4 Å². The molecule has 0 saturated heterocycles. The van der Waals surface area contributed by atoms with Crippen LogP contribution in [0, 0.1) is 99.6 Å². The summed E-state index contributed by atoms with van der Waals surface area (Å²) in [5.41, 5.74) is -4.94. The van der Waals surface area contributed by atoms with Gasteiger partial charge in [-0.25, -0.2) is 72.0 Å². The van der Waals surface area contributed by atoms with Gasteiger partial charge >= 0.3 is 0 Å². The van der Waals surface area contributed by atoms with E-state index in [2.05, 4.69) is 54.4 Å². The maximum absolute atomic E-state index is 15.1. The number of hydrogen-bond donors (Lipinski definition) is 0. The lowest BCUT2D eigenvalue weighted by atomic mass is 10.0. The van der Waals surface area contributed by atoms with Gasteiger partial charge in [0.2, 0.25) is 17.2 Å². The van der Waals surface area contributed by atoms with Crippen molar-refractivity contribution in [3.63, 3.8) is 0 Å². The Hall–Kier alpha value is -10.3. The van der Waals surface area contributed by atoms with Crippen molar-refractivity contribution in [2.24, 2.45) is 20.0 Å². The normalized spacial score (nSPS) is 13.4.